The molecule has 0 unspecified atom stereocenters. The summed E-state index contributed by atoms with van der Waals surface area (Å²) in [7, 11) is 0. The molecule has 0 amide bonds. The summed E-state index contributed by atoms with van der Waals surface area (Å²) in [6.45, 7) is 5.87. The third-order valence-corrected chi connectivity index (χ3v) is 4.48. The van der Waals surface area contributed by atoms with Gasteiger partial charge in [0.1, 0.15) is 23.7 Å². The summed E-state index contributed by atoms with van der Waals surface area (Å²) in [6, 6.07) is 12.0. The van der Waals surface area contributed by atoms with Gasteiger partial charge < -0.3 is 14.8 Å². The second-order valence-corrected chi connectivity index (χ2v) is 6.40. The summed E-state index contributed by atoms with van der Waals surface area (Å²) in [4.78, 5) is 15.3. The Morgan fingerprint density at radius 1 is 1.07 bits per heavy atom. The number of morpholine rings is 1. The first kappa shape index (κ1) is 17.6. The Hall–Kier alpha value is -2.77. The molecule has 1 N–H and O–H groups in total. The molecule has 1 saturated heterocycles. The molecule has 0 saturated carbocycles. The van der Waals surface area contributed by atoms with Gasteiger partial charge in [-0.1, -0.05) is 12.1 Å². The van der Waals surface area contributed by atoms with Crippen LogP contribution in [0.15, 0.2) is 48.8 Å². The molecule has 1 aliphatic heterocycles. The fraction of sp³-hybridized carbons (Fsp3) is 0.350. The van der Waals surface area contributed by atoms with Gasteiger partial charge in [-0.3, -0.25) is 9.88 Å². The number of rotatable bonds is 7. The Kier molecular flexibility index (Phi) is 5.71. The number of pyridine rings is 1. The van der Waals surface area contributed by atoms with Crippen molar-refractivity contribution >= 4 is 17.0 Å². The van der Waals surface area contributed by atoms with Crippen LogP contribution in [-0.4, -0.2) is 59.3 Å². The van der Waals surface area contributed by atoms with Crippen molar-refractivity contribution in [2.75, 3.05) is 44.8 Å². The number of hydrogen-bond acceptors (Lipinski definition) is 7. The van der Waals surface area contributed by atoms with Crippen molar-refractivity contribution in [3.05, 3.63) is 54.4 Å². The van der Waals surface area contributed by atoms with Gasteiger partial charge in [0.25, 0.3) is 0 Å². The van der Waals surface area contributed by atoms with Gasteiger partial charge in [-0.2, -0.15) is 0 Å². The molecule has 27 heavy (non-hydrogen) atoms. The zero-order valence-corrected chi connectivity index (χ0v) is 15.2. The van der Waals surface area contributed by atoms with E-state index >= 15 is 0 Å². The molecular weight excluding hydrogens is 342 g/mol. The van der Waals surface area contributed by atoms with Crippen molar-refractivity contribution in [1.82, 2.24) is 19.9 Å². The summed E-state index contributed by atoms with van der Waals surface area (Å²) in [5.41, 5.74) is 2.57. The van der Waals surface area contributed by atoms with Gasteiger partial charge in [-0.15, -0.1) is 0 Å². The summed E-state index contributed by atoms with van der Waals surface area (Å²) in [5, 5.41) is 3.33. The van der Waals surface area contributed by atoms with E-state index in [1.807, 2.05) is 24.3 Å². The van der Waals surface area contributed by atoms with Gasteiger partial charge in [0.15, 0.2) is 5.65 Å². The molecule has 140 valence electrons. The van der Waals surface area contributed by atoms with Crippen LogP contribution in [0.1, 0.15) is 5.56 Å². The number of anilines is 1. The molecule has 7 nitrogen and oxygen atoms in total. The van der Waals surface area contributed by atoms with Crippen LogP contribution < -0.4 is 10.1 Å². The van der Waals surface area contributed by atoms with Crippen LogP contribution in [0, 0.1) is 0 Å². The number of nitrogens with one attached hydrogen (secondary N) is 1. The summed E-state index contributed by atoms with van der Waals surface area (Å²) < 4.78 is 11.3. The number of ether oxygens (including phenoxy) is 2. The second kappa shape index (κ2) is 8.75. The number of aromatic nitrogens is 3. The van der Waals surface area contributed by atoms with Crippen LogP contribution in [0.2, 0.25) is 0 Å². The first-order chi connectivity index (χ1) is 13.4. The maximum atomic E-state index is 5.91. The van der Waals surface area contributed by atoms with Gasteiger partial charge >= 0.3 is 0 Å². The lowest BCUT2D eigenvalue weighted by Gasteiger charge is -2.26. The maximum Gasteiger partial charge on any atom is 0.180 e. The average molecular weight is 365 g/mol. The Morgan fingerprint density at radius 3 is 2.89 bits per heavy atom. The molecule has 0 radical (unpaired) electrons. The van der Waals surface area contributed by atoms with Crippen molar-refractivity contribution in [3.8, 4) is 5.75 Å². The first-order valence-corrected chi connectivity index (χ1v) is 9.20. The van der Waals surface area contributed by atoms with Crippen molar-refractivity contribution in [1.29, 1.82) is 0 Å². The number of hydrogen-bond donors (Lipinski definition) is 1. The Labute approximate surface area is 158 Å². The van der Waals surface area contributed by atoms with E-state index in [1.165, 1.54) is 0 Å². The van der Waals surface area contributed by atoms with E-state index in [9.17, 15) is 0 Å². The van der Waals surface area contributed by atoms with E-state index in [2.05, 4.69) is 37.3 Å². The lowest BCUT2D eigenvalue weighted by Crippen LogP contribution is -2.38. The van der Waals surface area contributed by atoms with Gasteiger partial charge in [-0.05, 0) is 29.8 Å². The number of benzene rings is 1. The summed E-state index contributed by atoms with van der Waals surface area (Å²) in [5.74, 6) is 1.67. The maximum absolute atomic E-state index is 5.91. The zero-order valence-electron chi connectivity index (χ0n) is 15.2. The topological polar surface area (TPSA) is 72.4 Å². The lowest BCUT2D eigenvalue weighted by atomic mass is 10.2. The minimum absolute atomic E-state index is 0.641. The molecule has 0 bridgehead atoms. The van der Waals surface area contributed by atoms with Crippen molar-refractivity contribution in [3.63, 3.8) is 0 Å². The molecule has 0 aliphatic carbocycles. The van der Waals surface area contributed by atoms with E-state index in [0.717, 1.165) is 55.5 Å². The smallest absolute Gasteiger partial charge is 0.180 e. The molecule has 0 spiro atoms. The zero-order chi connectivity index (χ0) is 18.3. The molecule has 4 rings (SSSR count). The highest BCUT2D eigenvalue weighted by atomic mass is 16.5. The predicted octanol–water partition coefficient (Wildman–Crippen LogP) is 2.35. The molecule has 1 aliphatic rings. The first-order valence-electron chi connectivity index (χ1n) is 9.20. The van der Waals surface area contributed by atoms with E-state index in [0.29, 0.717) is 18.8 Å². The van der Waals surface area contributed by atoms with Crippen molar-refractivity contribution < 1.29 is 9.47 Å². The predicted molar refractivity (Wildman–Crippen MR) is 104 cm³/mol. The van der Waals surface area contributed by atoms with Gasteiger partial charge in [0.05, 0.1) is 13.2 Å². The Morgan fingerprint density at radius 2 is 1.96 bits per heavy atom. The van der Waals surface area contributed by atoms with Gasteiger partial charge in [0, 0.05) is 38.6 Å². The average Bonchev–Trinajstić information content (AvgIpc) is 2.73. The minimum atomic E-state index is 0.641. The molecule has 1 fully saturated rings. The third-order valence-electron chi connectivity index (χ3n) is 4.48. The normalized spacial score (nSPS) is 15.0. The van der Waals surface area contributed by atoms with Crippen molar-refractivity contribution in [2.24, 2.45) is 0 Å². The number of nitrogens with zero attached hydrogens (tertiary/aromatic N) is 4. The highest BCUT2D eigenvalue weighted by Gasteiger charge is 2.09. The summed E-state index contributed by atoms with van der Waals surface area (Å²) in [6.07, 6.45) is 3.32. The molecule has 0 atom stereocenters. The van der Waals surface area contributed by atoms with Crippen LogP contribution >= 0.6 is 0 Å². The van der Waals surface area contributed by atoms with Crippen LogP contribution in [-0.2, 0) is 11.3 Å². The molecule has 3 heterocycles. The van der Waals surface area contributed by atoms with E-state index in [4.69, 9.17) is 9.47 Å². The molecule has 7 heteroatoms. The standard InChI is InChI=1S/C20H23N5O2/c1-2-16(14-17(3-1)27-13-10-25-8-11-26-12-9-25)15-23-19-5-4-18-20(24-19)22-7-6-21-18/h1-7,14H,8-13,15H2,(H,22,23,24). The van der Waals surface area contributed by atoms with Crippen LogP contribution in [0.4, 0.5) is 5.82 Å². The minimum Gasteiger partial charge on any atom is -0.492 e. The van der Waals surface area contributed by atoms with Crippen LogP contribution in [0.3, 0.4) is 0 Å². The fourth-order valence-electron chi connectivity index (χ4n) is 3.01. The third kappa shape index (κ3) is 4.90. The molecule has 1 aromatic carbocycles. The molecular formula is C20H23N5O2. The largest absolute Gasteiger partial charge is 0.492 e. The van der Waals surface area contributed by atoms with Gasteiger partial charge in [0.2, 0.25) is 0 Å². The van der Waals surface area contributed by atoms with E-state index in [1.54, 1.807) is 12.4 Å². The number of fused-ring (bicyclic) bond motifs is 1. The summed E-state index contributed by atoms with van der Waals surface area (Å²) >= 11 is 0. The Bertz CT molecular complexity index is 883. The monoisotopic (exact) mass is 365 g/mol. The highest BCUT2D eigenvalue weighted by Crippen LogP contribution is 2.16. The molecule has 3 aromatic rings. The second-order valence-electron chi connectivity index (χ2n) is 6.40. The lowest BCUT2D eigenvalue weighted by molar-refractivity contribution is 0.0322. The van der Waals surface area contributed by atoms with Gasteiger partial charge in [-0.25, -0.2) is 9.97 Å². The van der Waals surface area contributed by atoms with E-state index < -0.39 is 0 Å². The fourth-order valence-corrected chi connectivity index (χ4v) is 3.01. The molecule has 2 aromatic heterocycles. The quantitative estimate of drug-likeness (QED) is 0.689. The van der Waals surface area contributed by atoms with Crippen LogP contribution in [0.5, 0.6) is 5.75 Å². The SMILES string of the molecule is c1cc(CNc2ccc3nccnc3n2)cc(OCCN2CCOCC2)c1. The van der Waals surface area contributed by atoms with E-state index in [-0.39, 0.29) is 0 Å². The highest BCUT2D eigenvalue weighted by molar-refractivity contribution is 5.71. The van der Waals surface area contributed by atoms with Crippen LogP contribution in [0.25, 0.3) is 11.2 Å². The Balaban J connectivity index is 1.30. The van der Waals surface area contributed by atoms with Crippen molar-refractivity contribution in [2.45, 2.75) is 6.54 Å².